The summed E-state index contributed by atoms with van der Waals surface area (Å²) in [5.74, 6) is 0.747. The molecule has 0 aliphatic heterocycles. The lowest BCUT2D eigenvalue weighted by Gasteiger charge is -2.06. The number of nitrogens with two attached hydrogens (primary N) is 1. The molecule has 0 aliphatic carbocycles. The Bertz CT molecular complexity index is 463. The summed E-state index contributed by atoms with van der Waals surface area (Å²) in [4.78, 5) is 2.68. The van der Waals surface area contributed by atoms with Gasteiger partial charge in [-0.15, -0.1) is 11.3 Å². The van der Waals surface area contributed by atoms with Gasteiger partial charge >= 0.3 is 0 Å². The maximum absolute atomic E-state index is 6.05. The van der Waals surface area contributed by atoms with Crippen LogP contribution >= 0.6 is 22.9 Å². The van der Waals surface area contributed by atoms with Crippen molar-refractivity contribution in [2.45, 2.75) is 25.8 Å². The highest BCUT2D eigenvalue weighted by Gasteiger charge is 2.12. The summed E-state index contributed by atoms with van der Waals surface area (Å²) in [5.41, 5.74) is 6.05. The second-order valence-corrected chi connectivity index (χ2v) is 5.30. The fraction of sp³-hybridized carbons (Fsp3) is 0.333. The third kappa shape index (κ3) is 2.67. The molecule has 0 spiro atoms. The Morgan fingerprint density at radius 3 is 2.62 bits per heavy atom. The molecule has 2 nitrogen and oxygen atoms in total. The molecule has 16 heavy (non-hydrogen) atoms. The van der Waals surface area contributed by atoms with E-state index in [0.29, 0.717) is 5.22 Å². The first-order valence-electron chi connectivity index (χ1n) is 5.27. The summed E-state index contributed by atoms with van der Waals surface area (Å²) in [7, 11) is 0. The van der Waals surface area contributed by atoms with Crippen LogP contribution in [0.1, 0.15) is 28.5 Å². The van der Waals surface area contributed by atoms with Crippen molar-refractivity contribution < 1.29 is 4.42 Å². The predicted molar refractivity (Wildman–Crippen MR) is 68.0 cm³/mol. The van der Waals surface area contributed by atoms with Crippen molar-refractivity contribution in [2.75, 3.05) is 0 Å². The van der Waals surface area contributed by atoms with Crippen LogP contribution in [-0.4, -0.2) is 0 Å². The van der Waals surface area contributed by atoms with Crippen LogP contribution in [-0.2, 0) is 12.8 Å². The van der Waals surface area contributed by atoms with Gasteiger partial charge in [0.2, 0.25) is 0 Å². The SMILES string of the molecule is CCc1ccc(CC(N)c2ccc(Cl)o2)s1. The highest BCUT2D eigenvalue weighted by molar-refractivity contribution is 7.11. The smallest absolute Gasteiger partial charge is 0.193 e. The molecule has 0 radical (unpaired) electrons. The molecule has 0 saturated heterocycles. The number of hydrogen-bond donors (Lipinski definition) is 1. The molecule has 2 aromatic rings. The van der Waals surface area contributed by atoms with E-state index in [-0.39, 0.29) is 6.04 Å². The first kappa shape index (κ1) is 11.7. The van der Waals surface area contributed by atoms with Crippen LogP contribution in [0.15, 0.2) is 28.7 Å². The number of aryl methyl sites for hydroxylation is 1. The van der Waals surface area contributed by atoms with E-state index in [4.69, 9.17) is 21.8 Å². The number of thiophene rings is 1. The van der Waals surface area contributed by atoms with Crippen LogP contribution in [0, 0.1) is 0 Å². The highest BCUT2D eigenvalue weighted by atomic mass is 35.5. The Kier molecular flexibility index (Phi) is 3.69. The minimum Gasteiger partial charge on any atom is -0.448 e. The molecular weight excluding hydrogens is 242 g/mol. The van der Waals surface area contributed by atoms with Crippen molar-refractivity contribution in [3.05, 3.63) is 45.0 Å². The van der Waals surface area contributed by atoms with E-state index in [9.17, 15) is 0 Å². The molecule has 1 atom stereocenters. The van der Waals surface area contributed by atoms with Crippen molar-refractivity contribution in [1.82, 2.24) is 0 Å². The maximum Gasteiger partial charge on any atom is 0.193 e. The topological polar surface area (TPSA) is 39.2 Å². The Hall–Kier alpha value is -0.770. The number of halogens is 1. The van der Waals surface area contributed by atoms with Crippen molar-refractivity contribution >= 4 is 22.9 Å². The summed E-state index contributed by atoms with van der Waals surface area (Å²) < 4.78 is 5.30. The van der Waals surface area contributed by atoms with E-state index in [1.165, 1.54) is 9.75 Å². The van der Waals surface area contributed by atoms with Crippen molar-refractivity contribution in [3.8, 4) is 0 Å². The summed E-state index contributed by atoms with van der Waals surface area (Å²) in [5, 5.41) is 0.394. The molecule has 2 rings (SSSR count). The van der Waals surface area contributed by atoms with Gasteiger partial charge < -0.3 is 10.2 Å². The standard InChI is InChI=1S/C12H14ClNOS/c1-2-8-3-4-9(16-8)7-10(14)11-5-6-12(13)15-11/h3-6,10H,2,7,14H2,1H3. The van der Waals surface area contributed by atoms with Gasteiger partial charge in [0.25, 0.3) is 0 Å². The third-order valence-corrected chi connectivity index (χ3v) is 3.90. The van der Waals surface area contributed by atoms with Gasteiger partial charge in [0.1, 0.15) is 5.76 Å². The maximum atomic E-state index is 6.05. The minimum atomic E-state index is -0.115. The second-order valence-electron chi connectivity index (χ2n) is 3.67. The zero-order valence-electron chi connectivity index (χ0n) is 9.07. The average Bonchev–Trinajstić information content (AvgIpc) is 2.87. The van der Waals surface area contributed by atoms with Crippen LogP contribution < -0.4 is 5.73 Å². The van der Waals surface area contributed by atoms with Crippen molar-refractivity contribution in [1.29, 1.82) is 0 Å². The second kappa shape index (κ2) is 5.04. The molecule has 0 fully saturated rings. The quantitative estimate of drug-likeness (QED) is 0.903. The molecule has 2 aromatic heterocycles. The largest absolute Gasteiger partial charge is 0.448 e. The zero-order valence-corrected chi connectivity index (χ0v) is 10.6. The van der Waals surface area contributed by atoms with Crippen LogP contribution in [0.5, 0.6) is 0 Å². The van der Waals surface area contributed by atoms with Gasteiger partial charge in [0.05, 0.1) is 6.04 Å². The third-order valence-electron chi connectivity index (χ3n) is 2.45. The summed E-state index contributed by atoms with van der Waals surface area (Å²) in [6, 6.07) is 7.73. The van der Waals surface area contributed by atoms with Crippen LogP contribution in [0.4, 0.5) is 0 Å². The lowest BCUT2D eigenvalue weighted by atomic mass is 10.1. The zero-order chi connectivity index (χ0) is 11.5. The molecule has 0 amide bonds. The van der Waals surface area contributed by atoms with E-state index in [0.717, 1.165) is 18.6 Å². The van der Waals surface area contributed by atoms with Gasteiger partial charge in [0, 0.05) is 16.2 Å². The Labute approximate surface area is 104 Å². The van der Waals surface area contributed by atoms with Gasteiger partial charge in [0.15, 0.2) is 5.22 Å². The summed E-state index contributed by atoms with van der Waals surface area (Å²) in [6.45, 7) is 2.15. The highest BCUT2D eigenvalue weighted by Crippen LogP contribution is 2.25. The van der Waals surface area contributed by atoms with E-state index < -0.39 is 0 Å². The van der Waals surface area contributed by atoms with Crippen LogP contribution in [0.3, 0.4) is 0 Å². The normalized spacial score (nSPS) is 12.9. The fourth-order valence-electron chi connectivity index (χ4n) is 1.57. The number of rotatable bonds is 4. The molecule has 86 valence electrons. The lowest BCUT2D eigenvalue weighted by molar-refractivity contribution is 0.467. The number of hydrogen-bond acceptors (Lipinski definition) is 3. The molecule has 4 heteroatoms. The van der Waals surface area contributed by atoms with Gasteiger partial charge in [-0.2, -0.15) is 0 Å². The molecular formula is C12H14ClNOS. The Morgan fingerprint density at radius 1 is 1.31 bits per heavy atom. The fourth-order valence-corrected chi connectivity index (χ4v) is 2.74. The molecule has 0 saturated carbocycles. The van der Waals surface area contributed by atoms with Crippen LogP contribution in [0.25, 0.3) is 0 Å². The molecule has 0 aromatic carbocycles. The predicted octanol–water partition coefficient (Wildman–Crippen LogP) is 3.80. The van der Waals surface area contributed by atoms with E-state index >= 15 is 0 Å². The van der Waals surface area contributed by atoms with Crippen molar-refractivity contribution in [3.63, 3.8) is 0 Å². The van der Waals surface area contributed by atoms with E-state index in [1.807, 2.05) is 17.4 Å². The molecule has 0 aliphatic rings. The van der Waals surface area contributed by atoms with E-state index in [2.05, 4.69) is 19.1 Å². The average molecular weight is 256 g/mol. The minimum absolute atomic E-state index is 0.115. The van der Waals surface area contributed by atoms with Gasteiger partial charge in [-0.3, -0.25) is 0 Å². The van der Waals surface area contributed by atoms with Gasteiger partial charge in [-0.05, 0) is 42.3 Å². The van der Waals surface area contributed by atoms with Crippen molar-refractivity contribution in [2.24, 2.45) is 5.73 Å². The Balaban J connectivity index is 2.04. The van der Waals surface area contributed by atoms with Crippen LogP contribution in [0.2, 0.25) is 5.22 Å². The molecule has 0 bridgehead atoms. The Morgan fingerprint density at radius 2 is 2.06 bits per heavy atom. The van der Waals surface area contributed by atoms with Gasteiger partial charge in [-0.1, -0.05) is 6.92 Å². The first-order valence-corrected chi connectivity index (χ1v) is 6.47. The van der Waals surface area contributed by atoms with E-state index in [1.54, 1.807) is 6.07 Å². The first-order chi connectivity index (χ1) is 7.69. The molecule has 2 N–H and O–H groups in total. The summed E-state index contributed by atoms with van der Waals surface area (Å²) in [6.07, 6.45) is 1.88. The lowest BCUT2D eigenvalue weighted by Crippen LogP contribution is -2.11. The summed E-state index contributed by atoms with van der Waals surface area (Å²) >= 11 is 7.52. The molecule has 2 heterocycles. The number of furan rings is 1. The monoisotopic (exact) mass is 255 g/mol. The molecule has 1 unspecified atom stereocenters. The van der Waals surface area contributed by atoms with Gasteiger partial charge in [-0.25, -0.2) is 0 Å².